The Morgan fingerprint density at radius 1 is 1.47 bits per heavy atom. The lowest BCUT2D eigenvalue weighted by molar-refractivity contribution is 0.0698. The molecule has 104 valence electrons. The minimum atomic E-state index is -0.998. The molecule has 0 radical (unpaired) electrons. The zero-order valence-corrected chi connectivity index (χ0v) is 11.8. The number of anilines is 1. The van der Waals surface area contributed by atoms with Gasteiger partial charge in [-0.25, -0.2) is 4.79 Å². The Bertz CT molecular complexity index is 459. The van der Waals surface area contributed by atoms with E-state index in [1.54, 1.807) is 18.2 Å². The fourth-order valence-electron chi connectivity index (χ4n) is 2.46. The van der Waals surface area contributed by atoms with Gasteiger partial charge in [-0.2, -0.15) is 0 Å². The molecule has 4 nitrogen and oxygen atoms in total. The highest BCUT2D eigenvalue weighted by Gasteiger charge is 2.19. The van der Waals surface area contributed by atoms with Gasteiger partial charge >= 0.3 is 5.97 Å². The number of halogens is 1. The highest BCUT2D eigenvalue weighted by atomic mass is 35.5. The average molecular weight is 283 g/mol. The maximum atomic E-state index is 11.2. The topological polar surface area (TPSA) is 52.6 Å². The van der Waals surface area contributed by atoms with E-state index in [2.05, 4.69) is 17.1 Å². The van der Waals surface area contributed by atoms with Crippen LogP contribution >= 0.6 is 11.6 Å². The monoisotopic (exact) mass is 282 g/mol. The molecule has 0 bridgehead atoms. The molecule has 19 heavy (non-hydrogen) atoms. The third-order valence-corrected chi connectivity index (χ3v) is 3.89. The molecule has 1 heterocycles. The van der Waals surface area contributed by atoms with E-state index in [9.17, 15) is 9.90 Å². The van der Waals surface area contributed by atoms with Crippen LogP contribution in [0.2, 0.25) is 5.02 Å². The van der Waals surface area contributed by atoms with Crippen LogP contribution < -0.4 is 5.32 Å². The molecule has 0 amide bonds. The van der Waals surface area contributed by atoms with Crippen molar-refractivity contribution >= 4 is 23.3 Å². The Labute approximate surface area is 118 Å². The lowest BCUT2D eigenvalue weighted by Gasteiger charge is -2.24. The van der Waals surface area contributed by atoms with E-state index in [0.29, 0.717) is 11.7 Å². The van der Waals surface area contributed by atoms with Gasteiger partial charge in [0.1, 0.15) is 5.56 Å². The fourth-order valence-corrected chi connectivity index (χ4v) is 2.71. The number of likely N-dealkylation sites (tertiary alicyclic amines) is 1. The Kier molecular flexibility index (Phi) is 4.66. The summed E-state index contributed by atoms with van der Waals surface area (Å²) in [5.41, 5.74) is 0.740. The molecular weight excluding hydrogens is 264 g/mol. The molecule has 0 spiro atoms. The number of rotatable bonds is 5. The van der Waals surface area contributed by atoms with Crippen molar-refractivity contribution in [3.63, 3.8) is 0 Å². The van der Waals surface area contributed by atoms with E-state index in [1.807, 2.05) is 0 Å². The second-order valence-electron chi connectivity index (χ2n) is 4.94. The van der Waals surface area contributed by atoms with Crippen LogP contribution in [0.15, 0.2) is 18.2 Å². The fraction of sp³-hybridized carbons (Fsp3) is 0.500. The predicted octanol–water partition coefficient (Wildman–Crippen LogP) is 2.93. The van der Waals surface area contributed by atoms with Gasteiger partial charge in [-0.15, -0.1) is 0 Å². The number of carbonyl (C=O) groups is 1. The number of nitrogens with zero attached hydrogens (tertiary/aromatic N) is 1. The SMILES string of the molecule is CC(CNc1cccc(Cl)c1C(=O)O)N1CCCC1. The summed E-state index contributed by atoms with van der Waals surface area (Å²) in [5.74, 6) is -0.998. The predicted molar refractivity (Wildman–Crippen MR) is 77.2 cm³/mol. The number of carboxylic acid groups (broad SMARTS) is 1. The van der Waals surface area contributed by atoms with Crippen LogP contribution in [0.3, 0.4) is 0 Å². The molecule has 1 aliphatic heterocycles. The van der Waals surface area contributed by atoms with Gasteiger partial charge in [0, 0.05) is 12.6 Å². The molecule has 2 rings (SSSR count). The normalized spacial score (nSPS) is 17.4. The van der Waals surface area contributed by atoms with E-state index in [1.165, 1.54) is 12.8 Å². The Morgan fingerprint density at radius 2 is 2.16 bits per heavy atom. The van der Waals surface area contributed by atoms with Crippen molar-refractivity contribution in [2.45, 2.75) is 25.8 Å². The maximum absolute atomic E-state index is 11.2. The first-order valence-electron chi connectivity index (χ1n) is 6.59. The third-order valence-electron chi connectivity index (χ3n) is 3.58. The van der Waals surface area contributed by atoms with E-state index >= 15 is 0 Å². The molecule has 0 aliphatic carbocycles. The zero-order valence-electron chi connectivity index (χ0n) is 11.0. The van der Waals surface area contributed by atoms with Gasteiger partial charge in [-0.3, -0.25) is 4.90 Å². The first kappa shape index (κ1) is 14.2. The summed E-state index contributed by atoms with van der Waals surface area (Å²) >= 11 is 5.94. The van der Waals surface area contributed by atoms with E-state index in [0.717, 1.165) is 19.6 Å². The smallest absolute Gasteiger partial charge is 0.339 e. The molecule has 1 saturated heterocycles. The third kappa shape index (κ3) is 3.39. The zero-order chi connectivity index (χ0) is 13.8. The maximum Gasteiger partial charge on any atom is 0.339 e. The van der Waals surface area contributed by atoms with E-state index < -0.39 is 5.97 Å². The van der Waals surface area contributed by atoms with Gasteiger partial charge < -0.3 is 10.4 Å². The Balaban J connectivity index is 2.02. The summed E-state index contributed by atoms with van der Waals surface area (Å²) in [6, 6.07) is 5.51. The van der Waals surface area contributed by atoms with Crippen molar-refractivity contribution in [3.05, 3.63) is 28.8 Å². The van der Waals surface area contributed by atoms with Crippen LogP contribution in [-0.2, 0) is 0 Å². The summed E-state index contributed by atoms with van der Waals surface area (Å²) in [6.45, 7) is 5.14. The van der Waals surface area contributed by atoms with Crippen LogP contribution in [0, 0.1) is 0 Å². The molecule has 1 unspecified atom stereocenters. The average Bonchev–Trinajstić information content (AvgIpc) is 2.89. The number of aromatic carboxylic acids is 1. The summed E-state index contributed by atoms with van der Waals surface area (Å²) in [7, 11) is 0. The minimum Gasteiger partial charge on any atom is -0.478 e. The van der Waals surface area contributed by atoms with Crippen LogP contribution in [0.5, 0.6) is 0 Å². The molecule has 1 aromatic carbocycles. The highest BCUT2D eigenvalue weighted by molar-refractivity contribution is 6.34. The van der Waals surface area contributed by atoms with E-state index in [-0.39, 0.29) is 10.6 Å². The molecule has 0 saturated carbocycles. The van der Waals surface area contributed by atoms with Crippen molar-refractivity contribution in [3.8, 4) is 0 Å². The summed E-state index contributed by atoms with van der Waals surface area (Å²) in [6.07, 6.45) is 2.50. The molecule has 1 atom stereocenters. The molecule has 0 aromatic heterocycles. The van der Waals surface area contributed by atoms with Gasteiger partial charge in [0.05, 0.1) is 10.7 Å². The Morgan fingerprint density at radius 3 is 2.79 bits per heavy atom. The summed E-state index contributed by atoms with van der Waals surface area (Å²) in [4.78, 5) is 13.6. The number of hydrogen-bond donors (Lipinski definition) is 2. The molecule has 1 aromatic rings. The van der Waals surface area contributed by atoms with Crippen molar-refractivity contribution in [2.24, 2.45) is 0 Å². The standard InChI is InChI=1S/C14H19ClN2O2/c1-10(17-7-2-3-8-17)9-16-12-6-4-5-11(15)13(12)14(18)19/h4-6,10,16H,2-3,7-9H2,1H3,(H,18,19). The van der Waals surface area contributed by atoms with Gasteiger partial charge in [0.15, 0.2) is 0 Å². The lowest BCUT2D eigenvalue weighted by atomic mass is 10.1. The second-order valence-corrected chi connectivity index (χ2v) is 5.35. The molecule has 1 fully saturated rings. The van der Waals surface area contributed by atoms with Gasteiger partial charge in [0.2, 0.25) is 0 Å². The minimum absolute atomic E-state index is 0.151. The van der Waals surface area contributed by atoms with Crippen LogP contribution in [0.4, 0.5) is 5.69 Å². The summed E-state index contributed by atoms with van der Waals surface area (Å²) < 4.78 is 0. The number of benzene rings is 1. The van der Waals surface area contributed by atoms with Gasteiger partial charge in [-0.05, 0) is 45.0 Å². The van der Waals surface area contributed by atoms with Gasteiger partial charge in [0.25, 0.3) is 0 Å². The van der Waals surface area contributed by atoms with Crippen molar-refractivity contribution in [2.75, 3.05) is 25.0 Å². The molecule has 1 aliphatic rings. The molecule has 2 N–H and O–H groups in total. The van der Waals surface area contributed by atoms with Crippen LogP contribution in [-0.4, -0.2) is 41.7 Å². The molecule has 5 heteroatoms. The van der Waals surface area contributed by atoms with Gasteiger partial charge in [-0.1, -0.05) is 17.7 Å². The van der Waals surface area contributed by atoms with Crippen molar-refractivity contribution < 1.29 is 9.90 Å². The number of nitrogens with one attached hydrogen (secondary N) is 1. The second kappa shape index (κ2) is 6.26. The first-order valence-corrected chi connectivity index (χ1v) is 6.97. The summed E-state index contributed by atoms with van der Waals surface area (Å²) in [5, 5.41) is 12.7. The van der Waals surface area contributed by atoms with Crippen LogP contribution in [0.25, 0.3) is 0 Å². The quantitative estimate of drug-likeness (QED) is 0.872. The largest absolute Gasteiger partial charge is 0.478 e. The number of hydrogen-bond acceptors (Lipinski definition) is 3. The number of carboxylic acids is 1. The van der Waals surface area contributed by atoms with Crippen LogP contribution in [0.1, 0.15) is 30.1 Å². The van der Waals surface area contributed by atoms with E-state index in [4.69, 9.17) is 11.6 Å². The first-order chi connectivity index (χ1) is 9.09. The Hall–Kier alpha value is -1.26. The lowest BCUT2D eigenvalue weighted by Crippen LogP contribution is -2.35. The molecular formula is C14H19ClN2O2. The highest BCUT2D eigenvalue weighted by Crippen LogP contribution is 2.24. The van der Waals surface area contributed by atoms with Crippen molar-refractivity contribution in [1.82, 2.24) is 4.90 Å². The van der Waals surface area contributed by atoms with Crippen molar-refractivity contribution in [1.29, 1.82) is 0 Å².